The summed E-state index contributed by atoms with van der Waals surface area (Å²) in [6.07, 6.45) is -4.70. The molecule has 102 valence electrons. The summed E-state index contributed by atoms with van der Waals surface area (Å²) in [6.45, 7) is 0. The van der Waals surface area contributed by atoms with Crippen molar-refractivity contribution in [1.82, 2.24) is 20.1 Å². The molecule has 0 saturated carbocycles. The number of aromatic amines is 2. The first kappa shape index (κ1) is 13.4. The number of hydrogen-bond donors (Lipinski definition) is 2. The van der Waals surface area contributed by atoms with Crippen molar-refractivity contribution in [3.05, 3.63) is 38.5 Å². The second-order valence-corrected chi connectivity index (χ2v) is 4.23. The second-order valence-electron chi connectivity index (χ2n) is 3.26. The van der Waals surface area contributed by atoms with Gasteiger partial charge in [0.15, 0.2) is 16.7 Å². The minimum atomic E-state index is -4.70. The molecule has 0 unspecified atom stereocenters. The molecule has 7 nitrogen and oxygen atoms in total. The molecule has 2 aromatic rings. The maximum Gasteiger partial charge on any atom is 0.438 e. The maximum absolute atomic E-state index is 12.4. The van der Waals surface area contributed by atoms with Gasteiger partial charge in [0.1, 0.15) is 0 Å². The van der Waals surface area contributed by atoms with Crippen molar-refractivity contribution in [2.45, 2.75) is 17.1 Å². The zero-order chi connectivity index (χ0) is 14.0. The van der Waals surface area contributed by atoms with Crippen LogP contribution >= 0.6 is 11.8 Å². The Morgan fingerprint density at radius 3 is 2.63 bits per heavy atom. The molecule has 11 heteroatoms. The molecule has 2 rings (SSSR count). The number of alkyl halides is 3. The number of nitrogens with one attached hydrogen (secondary N) is 2. The molecule has 0 aliphatic heterocycles. The molecule has 0 bridgehead atoms. The smallest absolute Gasteiger partial charge is 0.301 e. The van der Waals surface area contributed by atoms with E-state index >= 15 is 0 Å². The number of hydrogen-bond acceptors (Lipinski definition) is 6. The summed E-state index contributed by atoms with van der Waals surface area (Å²) < 4.78 is 41.5. The highest BCUT2D eigenvalue weighted by Gasteiger charge is 2.33. The molecule has 0 amide bonds. The first-order valence-corrected chi connectivity index (χ1v) is 5.69. The largest absolute Gasteiger partial charge is 0.438 e. The lowest BCUT2D eigenvalue weighted by Crippen LogP contribution is -2.16. The minimum Gasteiger partial charge on any atom is -0.301 e. The van der Waals surface area contributed by atoms with Gasteiger partial charge in [-0.15, -0.1) is 0 Å². The summed E-state index contributed by atoms with van der Waals surface area (Å²) in [6, 6.07) is 0.363. The van der Waals surface area contributed by atoms with Crippen molar-refractivity contribution in [1.29, 1.82) is 0 Å². The fourth-order valence-electron chi connectivity index (χ4n) is 1.11. The lowest BCUT2D eigenvalue weighted by Gasteiger charge is -2.06. The van der Waals surface area contributed by atoms with Crippen molar-refractivity contribution >= 4 is 11.8 Å². The Bertz CT molecular complexity index is 689. The molecule has 2 aromatic heterocycles. The minimum absolute atomic E-state index is 0.00398. The number of H-pyrrole nitrogens is 2. The van der Waals surface area contributed by atoms with Gasteiger partial charge in [-0.1, -0.05) is 16.9 Å². The predicted octanol–water partition coefficient (Wildman–Crippen LogP) is 0.757. The van der Waals surface area contributed by atoms with Crippen molar-refractivity contribution in [2.24, 2.45) is 0 Å². The fourth-order valence-corrected chi connectivity index (χ4v) is 1.84. The third kappa shape index (κ3) is 3.47. The Morgan fingerprint density at radius 1 is 1.32 bits per heavy atom. The van der Waals surface area contributed by atoms with Crippen LogP contribution in [0.25, 0.3) is 0 Å². The van der Waals surface area contributed by atoms with Gasteiger partial charge >= 0.3 is 11.9 Å². The summed E-state index contributed by atoms with van der Waals surface area (Å²) in [5.41, 5.74) is -2.20. The van der Waals surface area contributed by atoms with Crippen LogP contribution in [0.5, 0.6) is 0 Å². The molecule has 0 radical (unpaired) electrons. The van der Waals surface area contributed by atoms with Crippen molar-refractivity contribution < 1.29 is 17.7 Å². The third-order valence-corrected chi connectivity index (χ3v) is 2.73. The summed E-state index contributed by atoms with van der Waals surface area (Å²) in [5.74, 6) is -0.660. The first-order valence-electron chi connectivity index (χ1n) is 4.71. The number of rotatable bonds is 3. The molecule has 0 fully saturated rings. The summed E-state index contributed by atoms with van der Waals surface area (Å²) in [4.78, 5) is 29.3. The summed E-state index contributed by atoms with van der Waals surface area (Å²) in [7, 11) is 0. The Kier molecular flexibility index (Phi) is 3.46. The molecular weight excluding hydrogens is 289 g/mol. The molecule has 0 saturated heterocycles. The molecule has 19 heavy (non-hydrogen) atoms. The Balaban J connectivity index is 2.19. The Hall–Kier alpha value is -2.04. The van der Waals surface area contributed by atoms with E-state index in [9.17, 15) is 22.8 Å². The van der Waals surface area contributed by atoms with Gasteiger partial charge in [0.2, 0.25) is 0 Å². The predicted molar refractivity (Wildman–Crippen MR) is 56.5 cm³/mol. The monoisotopic (exact) mass is 294 g/mol. The van der Waals surface area contributed by atoms with Crippen molar-refractivity contribution in [3.63, 3.8) is 0 Å². The van der Waals surface area contributed by atoms with Gasteiger partial charge in [0.25, 0.3) is 5.56 Å². The second kappa shape index (κ2) is 4.91. The van der Waals surface area contributed by atoms with E-state index in [2.05, 4.69) is 24.6 Å². The number of thioether (sulfide) groups is 1. The number of halogens is 3. The maximum atomic E-state index is 12.4. The highest BCUT2D eigenvalue weighted by Crippen LogP contribution is 2.27. The van der Waals surface area contributed by atoms with E-state index < -0.39 is 23.2 Å². The van der Waals surface area contributed by atoms with Gasteiger partial charge < -0.3 is 4.98 Å². The molecule has 2 heterocycles. The van der Waals surface area contributed by atoms with Gasteiger partial charge in [0.05, 0.1) is 5.75 Å². The van der Waals surface area contributed by atoms with E-state index in [4.69, 9.17) is 0 Å². The molecule has 0 atom stereocenters. The van der Waals surface area contributed by atoms with E-state index in [0.29, 0.717) is 6.07 Å². The molecular formula is C8H5F3N4O3S. The van der Waals surface area contributed by atoms with E-state index in [-0.39, 0.29) is 16.7 Å². The van der Waals surface area contributed by atoms with Gasteiger partial charge in [0, 0.05) is 6.07 Å². The Morgan fingerprint density at radius 2 is 2.05 bits per heavy atom. The molecule has 0 aromatic carbocycles. The molecule has 2 N–H and O–H groups in total. The molecule has 0 aliphatic rings. The average molecular weight is 294 g/mol. The first-order chi connectivity index (χ1) is 8.84. The van der Waals surface area contributed by atoms with Crippen LogP contribution in [0.3, 0.4) is 0 Å². The van der Waals surface area contributed by atoms with Crippen LogP contribution in [0.15, 0.2) is 25.3 Å². The standard InChI is InChI=1S/C8H5F3N4O3S/c9-8(10,11)3-1-5(16)14-6(12-3)19-2-4-13-7(17)18-15-4/h1H,2H2,(H,12,14,16)(H,13,15,17). The summed E-state index contributed by atoms with van der Waals surface area (Å²) >= 11 is 0.772. The van der Waals surface area contributed by atoms with Crippen LogP contribution in [0.4, 0.5) is 13.2 Å². The van der Waals surface area contributed by atoms with Gasteiger partial charge in [-0.05, 0) is 0 Å². The van der Waals surface area contributed by atoms with Crippen molar-refractivity contribution in [2.75, 3.05) is 0 Å². The van der Waals surface area contributed by atoms with Crippen LogP contribution in [-0.2, 0) is 11.9 Å². The third-order valence-electron chi connectivity index (χ3n) is 1.84. The zero-order valence-corrected chi connectivity index (χ0v) is 9.76. The number of nitrogens with zero attached hydrogens (tertiary/aromatic N) is 2. The van der Waals surface area contributed by atoms with Crippen LogP contribution in [-0.4, -0.2) is 20.1 Å². The van der Waals surface area contributed by atoms with Crippen LogP contribution in [0, 0.1) is 0 Å². The van der Waals surface area contributed by atoms with Crippen LogP contribution < -0.4 is 11.3 Å². The lowest BCUT2D eigenvalue weighted by atomic mass is 10.4. The highest BCUT2D eigenvalue weighted by molar-refractivity contribution is 7.98. The van der Waals surface area contributed by atoms with Gasteiger partial charge in [-0.3, -0.25) is 14.3 Å². The summed E-state index contributed by atoms with van der Waals surface area (Å²) in [5, 5.41) is 3.09. The average Bonchev–Trinajstić information content (AvgIpc) is 2.71. The highest BCUT2D eigenvalue weighted by atomic mass is 32.2. The van der Waals surface area contributed by atoms with Crippen LogP contribution in [0.2, 0.25) is 0 Å². The lowest BCUT2D eigenvalue weighted by molar-refractivity contribution is -0.141. The van der Waals surface area contributed by atoms with Crippen molar-refractivity contribution in [3.8, 4) is 0 Å². The van der Waals surface area contributed by atoms with Gasteiger partial charge in [-0.2, -0.15) is 13.2 Å². The quantitative estimate of drug-likeness (QED) is 0.639. The normalized spacial score (nSPS) is 11.7. The molecule has 0 aliphatic carbocycles. The topological polar surface area (TPSA) is 105 Å². The zero-order valence-electron chi connectivity index (χ0n) is 8.95. The molecule has 0 spiro atoms. The van der Waals surface area contributed by atoms with E-state index in [1.807, 2.05) is 0 Å². The van der Waals surface area contributed by atoms with Gasteiger partial charge in [-0.25, -0.2) is 9.78 Å². The van der Waals surface area contributed by atoms with E-state index in [1.165, 1.54) is 0 Å². The van der Waals surface area contributed by atoms with E-state index in [1.54, 1.807) is 0 Å². The van der Waals surface area contributed by atoms with E-state index in [0.717, 1.165) is 11.8 Å². The Labute approximate surface area is 106 Å². The SMILES string of the molecule is O=c1cc(C(F)(F)F)nc(SCc2noc(=O)[nH]2)[nH]1. The number of aromatic nitrogens is 4. The fraction of sp³-hybridized carbons (Fsp3) is 0.250. The van der Waals surface area contributed by atoms with Crippen LogP contribution in [0.1, 0.15) is 11.5 Å².